The van der Waals surface area contributed by atoms with Crippen LogP contribution in [0.3, 0.4) is 0 Å². The Morgan fingerprint density at radius 3 is 2.73 bits per heavy atom. The van der Waals surface area contributed by atoms with Crippen LogP contribution in [0.4, 0.5) is 18.0 Å². The molecule has 2 aliphatic heterocycles. The van der Waals surface area contributed by atoms with Crippen LogP contribution < -0.4 is 5.32 Å². The van der Waals surface area contributed by atoms with Gasteiger partial charge in [0.1, 0.15) is 12.4 Å². The van der Waals surface area contributed by atoms with Gasteiger partial charge in [-0.2, -0.15) is 18.4 Å². The Morgan fingerprint density at radius 1 is 1.37 bits per heavy atom. The summed E-state index contributed by atoms with van der Waals surface area (Å²) in [6.45, 7) is 2.02. The molecule has 0 saturated carbocycles. The molecule has 1 aromatic carbocycles. The molecule has 0 spiro atoms. The van der Waals surface area contributed by atoms with E-state index in [-0.39, 0.29) is 23.3 Å². The summed E-state index contributed by atoms with van der Waals surface area (Å²) in [5.41, 5.74) is -0.726. The highest BCUT2D eigenvalue weighted by molar-refractivity contribution is 8.18. The van der Waals surface area contributed by atoms with Crippen LogP contribution in [0, 0.1) is 29.6 Å². The molecule has 5 nitrogen and oxygen atoms in total. The SMILES string of the molecule is C#CCN=C1NC(=O)SC1=CC1CCN(Cc2ccc(C#N)c(C(F)(F)F)c2)CC1. The maximum absolute atomic E-state index is 13.2. The normalized spacial score (nSPS) is 20.9. The number of nitrogens with one attached hydrogen (secondary N) is 1. The van der Waals surface area contributed by atoms with Crippen molar-refractivity contribution in [2.75, 3.05) is 19.6 Å². The summed E-state index contributed by atoms with van der Waals surface area (Å²) in [6.07, 6.45) is 4.34. The number of nitrogens with zero attached hydrogens (tertiary/aromatic N) is 3. The summed E-state index contributed by atoms with van der Waals surface area (Å²) in [7, 11) is 0. The number of alkyl halides is 3. The number of carbonyl (C=O) groups is 1. The standard InChI is InChI=1S/C21H19F3N4OS/c1-2-7-26-19-18(30-20(29)27-19)11-14-5-8-28(9-6-14)13-15-3-4-16(12-25)17(10-15)21(22,23)24/h1,3-4,10-11,14H,5-9,13H2,(H,26,27,29). The van der Waals surface area contributed by atoms with Gasteiger partial charge >= 0.3 is 6.18 Å². The minimum absolute atomic E-state index is 0.184. The van der Waals surface area contributed by atoms with Crippen molar-refractivity contribution in [3.05, 3.63) is 45.9 Å². The lowest BCUT2D eigenvalue weighted by Gasteiger charge is -2.31. The highest BCUT2D eigenvalue weighted by Crippen LogP contribution is 2.33. The molecule has 0 atom stereocenters. The van der Waals surface area contributed by atoms with Crippen molar-refractivity contribution in [1.29, 1.82) is 5.26 Å². The molecule has 0 aliphatic carbocycles. The Morgan fingerprint density at radius 2 is 2.10 bits per heavy atom. The Bertz CT molecular complexity index is 964. The number of hydrogen-bond acceptors (Lipinski definition) is 5. The Kier molecular flexibility index (Phi) is 6.86. The molecule has 2 saturated heterocycles. The highest BCUT2D eigenvalue weighted by atomic mass is 32.2. The first-order valence-corrected chi connectivity index (χ1v) is 10.1. The molecule has 3 rings (SSSR count). The number of carbonyl (C=O) groups excluding carboxylic acids is 1. The number of amidine groups is 1. The third-order valence-electron chi connectivity index (χ3n) is 4.92. The topological polar surface area (TPSA) is 68.5 Å². The van der Waals surface area contributed by atoms with Crippen LogP contribution in [-0.4, -0.2) is 35.6 Å². The molecule has 1 aromatic rings. The Labute approximate surface area is 177 Å². The van der Waals surface area contributed by atoms with E-state index in [0.29, 0.717) is 17.9 Å². The first-order chi connectivity index (χ1) is 14.3. The van der Waals surface area contributed by atoms with Gasteiger partial charge in [0.05, 0.1) is 22.1 Å². The zero-order chi connectivity index (χ0) is 21.7. The van der Waals surface area contributed by atoms with Gasteiger partial charge in [-0.3, -0.25) is 14.7 Å². The number of allylic oxidation sites excluding steroid dienone is 1. The van der Waals surface area contributed by atoms with Gasteiger partial charge in [0, 0.05) is 6.54 Å². The van der Waals surface area contributed by atoms with Gasteiger partial charge in [-0.1, -0.05) is 18.1 Å². The average molecular weight is 432 g/mol. The van der Waals surface area contributed by atoms with E-state index in [2.05, 4.69) is 21.1 Å². The van der Waals surface area contributed by atoms with E-state index in [1.165, 1.54) is 6.07 Å². The number of aliphatic imine (C=N–C) groups is 1. The number of thioether (sulfide) groups is 1. The number of hydrogen-bond donors (Lipinski definition) is 1. The second-order valence-corrected chi connectivity index (χ2v) is 8.03. The number of piperidine rings is 1. The van der Waals surface area contributed by atoms with Gasteiger partial charge in [-0.15, -0.1) is 6.42 Å². The molecule has 1 N–H and O–H groups in total. The van der Waals surface area contributed by atoms with Crippen molar-refractivity contribution in [2.45, 2.75) is 25.6 Å². The Hall–Kier alpha value is -2.75. The molecule has 0 aromatic heterocycles. The summed E-state index contributed by atoms with van der Waals surface area (Å²) >= 11 is 1.09. The monoisotopic (exact) mass is 432 g/mol. The second kappa shape index (κ2) is 9.38. The van der Waals surface area contributed by atoms with Crippen LogP contribution in [0.15, 0.2) is 34.2 Å². The molecule has 2 aliphatic rings. The van der Waals surface area contributed by atoms with E-state index in [1.54, 1.807) is 12.1 Å². The summed E-state index contributed by atoms with van der Waals surface area (Å²) in [5.74, 6) is 3.16. The maximum Gasteiger partial charge on any atom is 0.417 e. The minimum Gasteiger partial charge on any atom is -0.300 e. The van der Waals surface area contributed by atoms with E-state index in [1.807, 2.05) is 6.08 Å². The van der Waals surface area contributed by atoms with Crippen LogP contribution >= 0.6 is 11.8 Å². The highest BCUT2D eigenvalue weighted by Gasteiger charge is 2.34. The van der Waals surface area contributed by atoms with Crippen LogP contribution in [-0.2, 0) is 12.7 Å². The fourth-order valence-corrected chi connectivity index (χ4v) is 4.28. The van der Waals surface area contributed by atoms with E-state index in [0.717, 1.165) is 48.7 Å². The molecule has 2 fully saturated rings. The number of rotatable bonds is 4. The zero-order valence-electron chi connectivity index (χ0n) is 16.0. The molecular weight excluding hydrogens is 413 g/mol. The lowest BCUT2D eigenvalue weighted by molar-refractivity contribution is -0.137. The molecule has 0 unspecified atom stereocenters. The predicted molar refractivity (Wildman–Crippen MR) is 110 cm³/mol. The third kappa shape index (κ3) is 5.44. The smallest absolute Gasteiger partial charge is 0.300 e. The molecule has 2 heterocycles. The minimum atomic E-state index is -4.55. The summed E-state index contributed by atoms with van der Waals surface area (Å²) in [5, 5.41) is 11.4. The number of nitriles is 1. The van der Waals surface area contributed by atoms with Gasteiger partial charge in [0.25, 0.3) is 5.24 Å². The van der Waals surface area contributed by atoms with Gasteiger partial charge in [0.2, 0.25) is 0 Å². The number of benzene rings is 1. The lowest BCUT2D eigenvalue weighted by atomic mass is 9.95. The van der Waals surface area contributed by atoms with Crippen molar-refractivity contribution in [1.82, 2.24) is 10.2 Å². The summed E-state index contributed by atoms with van der Waals surface area (Å²) in [6, 6.07) is 5.47. The van der Waals surface area contributed by atoms with Gasteiger partial charge in [0.15, 0.2) is 0 Å². The van der Waals surface area contributed by atoms with Crippen LogP contribution in [0.5, 0.6) is 0 Å². The van der Waals surface area contributed by atoms with Crippen molar-refractivity contribution in [3.63, 3.8) is 0 Å². The van der Waals surface area contributed by atoms with Crippen molar-refractivity contribution < 1.29 is 18.0 Å². The van der Waals surface area contributed by atoms with Gasteiger partial charge < -0.3 is 5.32 Å². The van der Waals surface area contributed by atoms with E-state index in [9.17, 15) is 18.0 Å². The molecular formula is C21H19F3N4OS. The fraction of sp³-hybridized carbons (Fsp3) is 0.381. The number of amides is 1. The number of halogens is 3. The first kappa shape index (κ1) is 21.9. The number of terminal acetylenes is 1. The first-order valence-electron chi connectivity index (χ1n) is 9.31. The molecule has 0 bridgehead atoms. The maximum atomic E-state index is 13.2. The molecule has 0 radical (unpaired) electrons. The molecule has 30 heavy (non-hydrogen) atoms. The third-order valence-corrected chi connectivity index (χ3v) is 5.76. The Balaban J connectivity index is 1.62. The predicted octanol–water partition coefficient (Wildman–Crippen LogP) is 4.16. The van der Waals surface area contributed by atoms with Crippen molar-refractivity contribution in [2.24, 2.45) is 10.9 Å². The summed E-state index contributed by atoms with van der Waals surface area (Å²) in [4.78, 5) is 18.7. The zero-order valence-corrected chi connectivity index (χ0v) is 16.8. The van der Waals surface area contributed by atoms with Crippen LogP contribution in [0.1, 0.15) is 29.5 Å². The van der Waals surface area contributed by atoms with Crippen molar-refractivity contribution in [3.8, 4) is 18.4 Å². The van der Waals surface area contributed by atoms with Crippen molar-refractivity contribution >= 4 is 22.8 Å². The molecule has 9 heteroatoms. The quantitative estimate of drug-likeness (QED) is 0.726. The second-order valence-electron chi connectivity index (χ2n) is 7.02. The van der Waals surface area contributed by atoms with E-state index >= 15 is 0 Å². The largest absolute Gasteiger partial charge is 0.417 e. The van der Waals surface area contributed by atoms with Gasteiger partial charge in [-0.05, 0) is 61.3 Å². The molecule has 156 valence electrons. The lowest BCUT2D eigenvalue weighted by Crippen LogP contribution is -2.33. The molecule has 1 amide bonds. The summed E-state index contributed by atoms with van der Waals surface area (Å²) < 4.78 is 39.5. The van der Waals surface area contributed by atoms with Crippen LogP contribution in [0.25, 0.3) is 0 Å². The fourth-order valence-electron chi connectivity index (χ4n) is 3.46. The van der Waals surface area contributed by atoms with Gasteiger partial charge in [-0.25, -0.2) is 0 Å². The van der Waals surface area contributed by atoms with Crippen LogP contribution in [0.2, 0.25) is 0 Å². The number of likely N-dealkylation sites (tertiary alicyclic amines) is 1. The van der Waals surface area contributed by atoms with E-state index < -0.39 is 11.7 Å². The van der Waals surface area contributed by atoms with E-state index in [4.69, 9.17) is 11.7 Å². The average Bonchev–Trinajstić information content (AvgIpc) is 3.06.